The molecule has 100 valence electrons. The SMILES string of the molecule is Cc1ccc(C)c(C(Br)c2cc(C)c(Br)cc2C)c1. The fraction of sp³-hybridized carbons (Fsp3) is 0.294. The summed E-state index contributed by atoms with van der Waals surface area (Å²) in [4.78, 5) is 0.249. The molecular weight excluding hydrogens is 364 g/mol. The molecule has 2 rings (SSSR count). The molecule has 2 heteroatoms. The van der Waals surface area contributed by atoms with Crippen LogP contribution in [0, 0.1) is 27.7 Å². The van der Waals surface area contributed by atoms with Crippen LogP contribution in [0.1, 0.15) is 38.2 Å². The van der Waals surface area contributed by atoms with Crippen LogP contribution >= 0.6 is 31.9 Å². The van der Waals surface area contributed by atoms with Crippen molar-refractivity contribution in [3.05, 3.63) is 68.2 Å². The van der Waals surface area contributed by atoms with Crippen LogP contribution in [0.5, 0.6) is 0 Å². The van der Waals surface area contributed by atoms with Gasteiger partial charge in [0, 0.05) is 4.47 Å². The minimum Gasteiger partial charge on any atom is -0.0786 e. The highest BCUT2D eigenvalue weighted by atomic mass is 79.9. The van der Waals surface area contributed by atoms with Crippen LogP contribution in [0.25, 0.3) is 0 Å². The molecule has 2 aromatic carbocycles. The number of rotatable bonds is 2. The Balaban J connectivity index is 2.52. The number of hydrogen-bond donors (Lipinski definition) is 0. The lowest BCUT2D eigenvalue weighted by molar-refractivity contribution is 1.10. The standard InChI is InChI=1S/C17H18Br2/c1-10-5-6-11(2)14(7-10)17(19)15-8-13(4)16(18)9-12(15)3/h5-9,17H,1-4H3. The predicted octanol–water partition coefficient (Wildman–Crippen LogP) is 6.17. The second kappa shape index (κ2) is 5.80. The topological polar surface area (TPSA) is 0 Å². The summed E-state index contributed by atoms with van der Waals surface area (Å²) in [6.07, 6.45) is 0. The molecule has 0 heterocycles. The van der Waals surface area contributed by atoms with E-state index in [0.717, 1.165) is 0 Å². The van der Waals surface area contributed by atoms with Crippen molar-refractivity contribution in [2.45, 2.75) is 32.5 Å². The maximum Gasteiger partial charge on any atom is 0.0649 e. The Morgan fingerprint density at radius 3 is 2.11 bits per heavy atom. The minimum atomic E-state index is 0.249. The molecule has 0 fully saturated rings. The van der Waals surface area contributed by atoms with Crippen LogP contribution in [-0.2, 0) is 0 Å². The van der Waals surface area contributed by atoms with E-state index >= 15 is 0 Å². The second-order valence-corrected chi connectivity index (χ2v) is 6.95. The molecule has 0 N–H and O–H groups in total. The van der Waals surface area contributed by atoms with Gasteiger partial charge in [0.15, 0.2) is 0 Å². The average molecular weight is 382 g/mol. The molecule has 0 radical (unpaired) electrons. The summed E-state index contributed by atoms with van der Waals surface area (Å²) >= 11 is 7.47. The fourth-order valence-electron chi connectivity index (χ4n) is 2.28. The maximum absolute atomic E-state index is 3.87. The van der Waals surface area contributed by atoms with Crippen LogP contribution < -0.4 is 0 Å². The van der Waals surface area contributed by atoms with Gasteiger partial charge in [0.05, 0.1) is 4.83 Å². The smallest absolute Gasteiger partial charge is 0.0649 e. The van der Waals surface area contributed by atoms with Gasteiger partial charge in [0.1, 0.15) is 0 Å². The highest BCUT2D eigenvalue weighted by molar-refractivity contribution is 9.10. The molecule has 0 aliphatic carbocycles. The fourth-order valence-corrected chi connectivity index (χ4v) is 3.72. The Hall–Kier alpha value is -0.600. The van der Waals surface area contributed by atoms with E-state index in [2.05, 4.69) is 89.9 Å². The van der Waals surface area contributed by atoms with Crippen molar-refractivity contribution in [1.82, 2.24) is 0 Å². The van der Waals surface area contributed by atoms with Crippen LogP contribution in [0.2, 0.25) is 0 Å². The van der Waals surface area contributed by atoms with Gasteiger partial charge in [0.25, 0.3) is 0 Å². The quantitative estimate of drug-likeness (QED) is 0.546. The summed E-state index contributed by atoms with van der Waals surface area (Å²) in [5.41, 5.74) is 7.90. The summed E-state index contributed by atoms with van der Waals surface area (Å²) in [6, 6.07) is 11.1. The number of alkyl halides is 1. The number of benzene rings is 2. The number of aryl methyl sites for hydroxylation is 4. The van der Waals surface area contributed by atoms with Crippen LogP contribution in [0.15, 0.2) is 34.8 Å². The first-order valence-electron chi connectivity index (χ1n) is 6.38. The van der Waals surface area contributed by atoms with Gasteiger partial charge in [-0.1, -0.05) is 61.7 Å². The predicted molar refractivity (Wildman–Crippen MR) is 90.3 cm³/mol. The third-order valence-electron chi connectivity index (χ3n) is 3.53. The van der Waals surface area contributed by atoms with Gasteiger partial charge >= 0.3 is 0 Å². The second-order valence-electron chi connectivity index (χ2n) is 5.18. The van der Waals surface area contributed by atoms with Crippen LogP contribution in [-0.4, -0.2) is 0 Å². The van der Waals surface area contributed by atoms with Crippen molar-refractivity contribution in [3.8, 4) is 0 Å². The molecule has 1 unspecified atom stereocenters. The van der Waals surface area contributed by atoms with E-state index in [4.69, 9.17) is 0 Å². The van der Waals surface area contributed by atoms with Gasteiger partial charge in [-0.15, -0.1) is 0 Å². The molecule has 0 saturated carbocycles. The lowest BCUT2D eigenvalue weighted by Crippen LogP contribution is -2.00. The summed E-state index contributed by atoms with van der Waals surface area (Å²) in [6.45, 7) is 8.61. The van der Waals surface area contributed by atoms with Gasteiger partial charge in [0.2, 0.25) is 0 Å². The van der Waals surface area contributed by atoms with Crippen LogP contribution in [0.3, 0.4) is 0 Å². The molecule has 0 nitrogen and oxygen atoms in total. The largest absolute Gasteiger partial charge is 0.0786 e. The van der Waals surface area contributed by atoms with Crippen molar-refractivity contribution >= 4 is 31.9 Å². The van der Waals surface area contributed by atoms with Crippen molar-refractivity contribution in [1.29, 1.82) is 0 Å². The van der Waals surface area contributed by atoms with Gasteiger partial charge in [-0.3, -0.25) is 0 Å². The minimum absolute atomic E-state index is 0.249. The molecule has 0 bridgehead atoms. The van der Waals surface area contributed by atoms with Gasteiger partial charge in [-0.05, 0) is 61.6 Å². The summed E-state index contributed by atoms with van der Waals surface area (Å²) in [7, 11) is 0. The zero-order chi connectivity index (χ0) is 14.2. The zero-order valence-electron chi connectivity index (χ0n) is 11.7. The molecule has 0 aliphatic heterocycles. The molecule has 2 aromatic rings. The van der Waals surface area contributed by atoms with Gasteiger partial charge in [-0.2, -0.15) is 0 Å². The molecule has 19 heavy (non-hydrogen) atoms. The monoisotopic (exact) mass is 380 g/mol. The van der Waals surface area contributed by atoms with Crippen molar-refractivity contribution in [3.63, 3.8) is 0 Å². The number of hydrogen-bond acceptors (Lipinski definition) is 0. The molecule has 1 atom stereocenters. The Labute approximate surface area is 132 Å². The van der Waals surface area contributed by atoms with Gasteiger partial charge < -0.3 is 0 Å². The first kappa shape index (κ1) is 14.8. The van der Waals surface area contributed by atoms with E-state index in [-0.39, 0.29) is 4.83 Å². The molecule has 0 aromatic heterocycles. The van der Waals surface area contributed by atoms with E-state index < -0.39 is 0 Å². The Kier molecular flexibility index (Phi) is 4.52. The van der Waals surface area contributed by atoms with Crippen molar-refractivity contribution < 1.29 is 0 Å². The Morgan fingerprint density at radius 1 is 0.789 bits per heavy atom. The molecule has 0 spiro atoms. The van der Waals surface area contributed by atoms with Crippen LogP contribution in [0.4, 0.5) is 0 Å². The average Bonchev–Trinajstić information content (AvgIpc) is 2.36. The van der Waals surface area contributed by atoms with E-state index in [1.54, 1.807) is 0 Å². The third-order valence-corrected chi connectivity index (χ3v) is 5.37. The third kappa shape index (κ3) is 3.11. The lowest BCUT2D eigenvalue weighted by Gasteiger charge is -2.18. The molecule has 0 amide bonds. The Morgan fingerprint density at radius 2 is 1.42 bits per heavy atom. The van der Waals surface area contributed by atoms with Crippen molar-refractivity contribution in [2.24, 2.45) is 0 Å². The highest BCUT2D eigenvalue weighted by Crippen LogP contribution is 2.36. The summed E-state index contributed by atoms with van der Waals surface area (Å²) in [5.74, 6) is 0. The first-order chi connectivity index (χ1) is 8.90. The Bertz CT molecular complexity index is 615. The van der Waals surface area contributed by atoms with E-state index in [0.29, 0.717) is 0 Å². The zero-order valence-corrected chi connectivity index (χ0v) is 14.9. The van der Waals surface area contributed by atoms with Gasteiger partial charge in [-0.25, -0.2) is 0 Å². The van der Waals surface area contributed by atoms with E-state index in [9.17, 15) is 0 Å². The molecule has 0 aliphatic rings. The summed E-state index contributed by atoms with van der Waals surface area (Å²) in [5, 5.41) is 0. The highest BCUT2D eigenvalue weighted by Gasteiger charge is 2.16. The van der Waals surface area contributed by atoms with E-state index in [1.165, 1.54) is 37.9 Å². The van der Waals surface area contributed by atoms with Crippen molar-refractivity contribution in [2.75, 3.05) is 0 Å². The maximum atomic E-state index is 3.87. The summed E-state index contributed by atoms with van der Waals surface area (Å²) < 4.78 is 1.18. The normalized spacial score (nSPS) is 12.5. The molecule has 0 saturated heterocycles. The first-order valence-corrected chi connectivity index (χ1v) is 8.09. The van der Waals surface area contributed by atoms with E-state index in [1.807, 2.05) is 0 Å². The lowest BCUT2D eigenvalue weighted by atomic mass is 9.95. The number of halogens is 2. The molecular formula is C17H18Br2.